The zero-order valence-electron chi connectivity index (χ0n) is 3.65. The van der Waals surface area contributed by atoms with Gasteiger partial charge in [-0.15, -0.1) is 0 Å². The molecule has 0 N–H and O–H groups in total. The van der Waals surface area contributed by atoms with Crippen LogP contribution in [0.5, 0.6) is 0 Å². The number of hydrogen-bond acceptors (Lipinski definition) is 1. The summed E-state index contributed by atoms with van der Waals surface area (Å²) in [5, 5.41) is 0. The van der Waals surface area contributed by atoms with Crippen LogP contribution in [0.2, 0.25) is 0 Å². The fourth-order valence-corrected chi connectivity index (χ4v) is 0. The van der Waals surface area contributed by atoms with Gasteiger partial charge in [-0.1, -0.05) is 0 Å². The first-order valence-electron chi connectivity index (χ1n) is 1.69. The average molecular weight is 106 g/mol. The maximum atomic E-state index is 2.12. The van der Waals surface area contributed by atoms with Crippen molar-refractivity contribution in [1.29, 1.82) is 0 Å². The quantitative estimate of drug-likeness (QED) is 0.437. The summed E-state index contributed by atoms with van der Waals surface area (Å²) in [7, 11) is 2.06. The predicted octanol–water partition coefficient (Wildman–Crippen LogP) is 0.400. The first-order chi connectivity index (χ1) is 2.27. The van der Waals surface area contributed by atoms with Gasteiger partial charge in [0.05, 0.1) is 0 Å². The molecule has 0 radical (unpaired) electrons. The molecule has 0 heterocycles. The van der Waals surface area contributed by atoms with Crippen molar-refractivity contribution in [3.05, 3.63) is 0 Å². The normalized spacial score (nSPS) is 9.20. The van der Waals surface area contributed by atoms with E-state index < -0.39 is 0 Å². The molecule has 0 saturated heterocycles. The molecule has 0 bridgehead atoms. The Morgan fingerprint density at radius 1 is 1.80 bits per heavy atom. The fraction of sp³-hybridized carbons (Fsp3) is 1.00. The van der Waals surface area contributed by atoms with E-state index in [1.165, 1.54) is 0 Å². The Hall–Kier alpha value is 0.674. The molecule has 0 unspecified atom stereocenters. The molecular weight excluding hydrogens is 97.9 g/mol. The van der Waals surface area contributed by atoms with Gasteiger partial charge in [-0.2, -0.15) is 0 Å². The van der Waals surface area contributed by atoms with Gasteiger partial charge in [0, 0.05) is 0 Å². The van der Waals surface area contributed by atoms with Crippen molar-refractivity contribution in [2.45, 2.75) is 6.92 Å². The molecule has 2 heteroatoms. The van der Waals surface area contributed by atoms with Crippen LogP contribution >= 0.6 is 0 Å². The Bertz CT molecular complexity index is 20.9. The molecule has 0 aromatic carbocycles. The first kappa shape index (κ1) is 5.67. The van der Waals surface area contributed by atoms with Gasteiger partial charge in [-0.05, 0) is 0 Å². The SMILES string of the molecule is CC[N](C)[Ti]. The van der Waals surface area contributed by atoms with Gasteiger partial charge >= 0.3 is 44.6 Å². The van der Waals surface area contributed by atoms with Crippen molar-refractivity contribution >= 4 is 0 Å². The second-order valence-corrected chi connectivity index (χ2v) is 2.21. The van der Waals surface area contributed by atoms with Crippen molar-refractivity contribution in [3.63, 3.8) is 0 Å². The topological polar surface area (TPSA) is 3.24 Å². The third-order valence-corrected chi connectivity index (χ3v) is 0.968. The molecule has 5 heavy (non-hydrogen) atoms. The minimum absolute atomic E-state index is 1.14. The summed E-state index contributed by atoms with van der Waals surface area (Å²) in [6.07, 6.45) is 0. The molecule has 0 atom stereocenters. The third-order valence-electron chi connectivity index (χ3n) is 0.474. The van der Waals surface area contributed by atoms with E-state index in [0.717, 1.165) is 6.54 Å². The van der Waals surface area contributed by atoms with Crippen LogP contribution in [0.4, 0.5) is 0 Å². The maximum absolute atomic E-state index is 2.12. The van der Waals surface area contributed by atoms with Crippen molar-refractivity contribution in [1.82, 2.24) is 3.38 Å². The molecule has 0 aromatic rings. The van der Waals surface area contributed by atoms with Crippen LogP contribution < -0.4 is 0 Å². The standard InChI is InChI=1S/C3H8N.Ti/c1-3-4-2;/h3H2,1-2H3;/q-1;+1. The minimum atomic E-state index is 1.14. The molecule has 0 aromatic heterocycles. The Morgan fingerprint density at radius 2 is 2.00 bits per heavy atom. The van der Waals surface area contributed by atoms with E-state index in [-0.39, 0.29) is 0 Å². The van der Waals surface area contributed by atoms with Gasteiger partial charge in [-0.25, -0.2) is 0 Å². The molecule has 1 nitrogen and oxygen atoms in total. The van der Waals surface area contributed by atoms with Crippen LogP contribution in [0.3, 0.4) is 0 Å². The van der Waals surface area contributed by atoms with Crippen LogP contribution in [-0.2, 0) is 20.7 Å². The van der Waals surface area contributed by atoms with E-state index in [4.69, 9.17) is 0 Å². The van der Waals surface area contributed by atoms with Crippen LogP contribution in [0.1, 0.15) is 6.92 Å². The molecule has 0 saturated carbocycles. The molecule has 0 aliphatic rings. The van der Waals surface area contributed by atoms with Crippen LogP contribution in [0.25, 0.3) is 0 Å². The number of hydrogen-bond donors (Lipinski definition) is 0. The molecule has 0 aliphatic heterocycles. The van der Waals surface area contributed by atoms with Crippen LogP contribution in [0, 0.1) is 0 Å². The Kier molecular flexibility index (Phi) is 3.28. The van der Waals surface area contributed by atoms with Crippen molar-refractivity contribution in [2.24, 2.45) is 0 Å². The summed E-state index contributed by atoms with van der Waals surface area (Å²) in [6, 6.07) is 0. The Balaban J connectivity index is 2.54. The van der Waals surface area contributed by atoms with E-state index in [0.29, 0.717) is 0 Å². The van der Waals surface area contributed by atoms with Gasteiger partial charge < -0.3 is 0 Å². The summed E-state index contributed by atoms with van der Waals surface area (Å²) >= 11 is 2.06. The Morgan fingerprint density at radius 3 is 2.00 bits per heavy atom. The van der Waals surface area contributed by atoms with E-state index in [1.807, 2.05) is 0 Å². The molecule has 0 rings (SSSR count). The van der Waals surface area contributed by atoms with Crippen molar-refractivity contribution < 1.29 is 20.7 Å². The third kappa shape index (κ3) is 4.67. The van der Waals surface area contributed by atoms with Gasteiger partial charge in [0.1, 0.15) is 0 Å². The molecule has 0 fully saturated rings. The average Bonchev–Trinajstić information content (AvgIpc) is 1.38. The zero-order chi connectivity index (χ0) is 4.28. The Labute approximate surface area is 45.1 Å². The summed E-state index contributed by atoms with van der Waals surface area (Å²) in [4.78, 5) is 0. The fourth-order valence-electron chi connectivity index (χ4n) is 0. The van der Waals surface area contributed by atoms with Crippen LogP contribution in [-0.4, -0.2) is 17.0 Å². The predicted molar refractivity (Wildman–Crippen MR) is 18.3 cm³/mol. The summed E-state index contributed by atoms with van der Waals surface area (Å²) in [5.41, 5.74) is 0. The van der Waals surface area contributed by atoms with E-state index in [2.05, 4.69) is 38.0 Å². The van der Waals surface area contributed by atoms with Crippen molar-refractivity contribution in [2.75, 3.05) is 13.6 Å². The van der Waals surface area contributed by atoms with Gasteiger partial charge in [-0.3, -0.25) is 0 Å². The van der Waals surface area contributed by atoms with Crippen LogP contribution in [0.15, 0.2) is 0 Å². The van der Waals surface area contributed by atoms with E-state index in [1.54, 1.807) is 0 Å². The molecule has 0 aliphatic carbocycles. The molecule has 29 valence electrons. The van der Waals surface area contributed by atoms with Gasteiger partial charge in [0.25, 0.3) is 0 Å². The monoisotopic (exact) mass is 106 g/mol. The summed E-state index contributed by atoms with van der Waals surface area (Å²) < 4.78 is 2.12. The second-order valence-electron chi connectivity index (χ2n) is 1.01. The van der Waals surface area contributed by atoms with E-state index in [9.17, 15) is 0 Å². The number of rotatable bonds is 1. The zero-order valence-corrected chi connectivity index (χ0v) is 5.22. The second kappa shape index (κ2) is 2.89. The van der Waals surface area contributed by atoms with E-state index >= 15 is 0 Å². The summed E-state index contributed by atoms with van der Waals surface area (Å²) in [5.74, 6) is 0. The summed E-state index contributed by atoms with van der Waals surface area (Å²) in [6.45, 7) is 3.26. The van der Waals surface area contributed by atoms with Crippen molar-refractivity contribution in [3.8, 4) is 0 Å². The number of nitrogens with zero attached hydrogens (tertiary/aromatic N) is 1. The molecular formula is C3H8NTi. The first-order valence-corrected chi connectivity index (χ1v) is 2.39. The van der Waals surface area contributed by atoms with Gasteiger partial charge in [0.15, 0.2) is 0 Å². The molecule has 0 amide bonds. The molecule has 0 spiro atoms. The van der Waals surface area contributed by atoms with Gasteiger partial charge in [0.2, 0.25) is 0 Å².